The van der Waals surface area contributed by atoms with Gasteiger partial charge in [-0.25, -0.2) is 4.98 Å². The van der Waals surface area contributed by atoms with E-state index in [0.717, 1.165) is 41.8 Å². The molecule has 3 atom stereocenters. The van der Waals surface area contributed by atoms with Crippen LogP contribution in [0.15, 0.2) is 24.4 Å². The van der Waals surface area contributed by atoms with E-state index in [1.807, 2.05) is 6.07 Å². The molecule has 134 valence electrons. The molecule has 0 amide bonds. The fourth-order valence-electron chi connectivity index (χ4n) is 4.71. The molecule has 3 unspecified atom stereocenters. The summed E-state index contributed by atoms with van der Waals surface area (Å²) in [5.74, 6) is 2.84. The molecule has 3 heterocycles. The van der Waals surface area contributed by atoms with Crippen molar-refractivity contribution in [1.29, 1.82) is 0 Å². The third-order valence-corrected chi connectivity index (χ3v) is 6.00. The van der Waals surface area contributed by atoms with Gasteiger partial charge in [0.15, 0.2) is 11.5 Å². The maximum absolute atomic E-state index is 11.1. The molecule has 3 aromatic rings. The molecule has 3 N–H and O–H groups in total. The summed E-state index contributed by atoms with van der Waals surface area (Å²) in [5, 5.41) is 21.1. The maximum Gasteiger partial charge on any atom is 0.317 e. The van der Waals surface area contributed by atoms with Crippen molar-refractivity contribution in [3.8, 4) is 11.5 Å². The molecule has 1 saturated heterocycles. The number of nitro groups is 1. The molecule has 0 radical (unpaired) electrons. The number of aromatic nitrogens is 4. The molecule has 1 aromatic carbocycles. The van der Waals surface area contributed by atoms with Gasteiger partial charge in [0.05, 0.1) is 16.0 Å². The topological polar surface area (TPSA) is 113 Å². The highest BCUT2D eigenvalue weighted by atomic mass is 16.6. The second-order valence-electron chi connectivity index (χ2n) is 7.45. The van der Waals surface area contributed by atoms with Gasteiger partial charge in [-0.2, -0.15) is 5.10 Å². The molecule has 0 spiro atoms. The average Bonchev–Trinajstić information content (AvgIpc) is 3.39. The summed E-state index contributed by atoms with van der Waals surface area (Å²) >= 11 is 0. The number of nitrogens with zero attached hydrogens (tertiary/aromatic N) is 3. The zero-order chi connectivity index (χ0) is 17.7. The van der Waals surface area contributed by atoms with Gasteiger partial charge in [-0.1, -0.05) is 6.07 Å². The van der Waals surface area contributed by atoms with Gasteiger partial charge >= 0.3 is 5.69 Å². The number of aromatic amines is 2. The molecule has 0 bridgehead atoms. The summed E-state index contributed by atoms with van der Waals surface area (Å²) in [7, 11) is 0. The van der Waals surface area contributed by atoms with Gasteiger partial charge in [0.2, 0.25) is 0 Å². The Hall–Kier alpha value is -2.74. The molecule has 2 fully saturated rings. The summed E-state index contributed by atoms with van der Waals surface area (Å²) < 4.78 is 0. The zero-order valence-corrected chi connectivity index (χ0v) is 14.2. The summed E-state index contributed by atoms with van der Waals surface area (Å²) in [6.45, 7) is 2.32. The Labute approximate surface area is 149 Å². The fourth-order valence-corrected chi connectivity index (χ4v) is 4.71. The average molecular weight is 352 g/mol. The molecular formula is C18H20N6O2. The van der Waals surface area contributed by atoms with E-state index in [1.54, 1.807) is 0 Å². The first-order valence-electron chi connectivity index (χ1n) is 9.06. The third-order valence-electron chi connectivity index (χ3n) is 6.00. The molecule has 8 heteroatoms. The quantitative estimate of drug-likeness (QED) is 0.493. The second kappa shape index (κ2) is 5.91. The highest BCUT2D eigenvalue weighted by molar-refractivity contribution is 5.80. The SMILES string of the molecule is O=[N+]([O-])c1cn[nH]c1-c1nc2ccc(CC3CCC4CNCC43)cc2[nH]1. The smallest absolute Gasteiger partial charge is 0.317 e. The van der Waals surface area contributed by atoms with E-state index in [9.17, 15) is 10.1 Å². The Morgan fingerprint density at radius 1 is 1.27 bits per heavy atom. The van der Waals surface area contributed by atoms with Crippen LogP contribution in [0.2, 0.25) is 0 Å². The van der Waals surface area contributed by atoms with Gasteiger partial charge in [0, 0.05) is 0 Å². The lowest BCUT2D eigenvalue weighted by molar-refractivity contribution is -0.384. The fraction of sp³-hybridized carbons (Fsp3) is 0.444. The normalized spacial score (nSPS) is 25.0. The van der Waals surface area contributed by atoms with Gasteiger partial charge in [0.25, 0.3) is 0 Å². The van der Waals surface area contributed by atoms with Crippen LogP contribution in [0.3, 0.4) is 0 Å². The predicted molar refractivity (Wildman–Crippen MR) is 96.6 cm³/mol. The molecule has 1 aliphatic carbocycles. The first kappa shape index (κ1) is 15.5. The van der Waals surface area contributed by atoms with Crippen LogP contribution in [0.4, 0.5) is 5.69 Å². The lowest BCUT2D eigenvalue weighted by atomic mass is 9.87. The van der Waals surface area contributed by atoms with Crippen LogP contribution >= 0.6 is 0 Å². The van der Waals surface area contributed by atoms with Gasteiger partial charge < -0.3 is 10.3 Å². The van der Waals surface area contributed by atoms with Crippen molar-refractivity contribution in [2.45, 2.75) is 19.3 Å². The van der Waals surface area contributed by atoms with E-state index in [-0.39, 0.29) is 5.69 Å². The Morgan fingerprint density at radius 3 is 3.08 bits per heavy atom. The number of H-pyrrole nitrogens is 2. The van der Waals surface area contributed by atoms with Gasteiger partial charge in [-0.15, -0.1) is 0 Å². The van der Waals surface area contributed by atoms with Crippen molar-refractivity contribution in [2.24, 2.45) is 17.8 Å². The van der Waals surface area contributed by atoms with E-state index >= 15 is 0 Å². The molecule has 26 heavy (non-hydrogen) atoms. The number of benzene rings is 1. The Kier molecular flexibility index (Phi) is 3.53. The maximum atomic E-state index is 11.1. The number of rotatable bonds is 4. The Balaban J connectivity index is 1.43. The monoisotopic (exact) mass is 352 g/mol. The lowest BCUT2D eigenvalue weighted by Gasteiger charge is -2.17. The Morgan fingerprint density at radius 2 is 2.19 bits per heavy atom. The number of imidazole rings is 1. The molecule has 1 saturated carbocycles. The van der Waals surface area contributed by atoms with Gasteiger partial charge in [-0.05, 0) is 67.8 Å². The number of hydrogen-bond donors (Lipinski definition) is 3. The molecular weight excluding hydrogens is 332 g/mol. The molecule has 1 aliphatic heterocycles. The van der Waals surface area contributed by atoms with Crippen LogP contribution in [0.1, 0.15) is 18.4 Å². The van der Waals surface area contributed by atoms with Gasteiger partial charge in [-0.3, -0.25) is 15.2 Å². The van der Waals surface area contributed by atoms with E-state index in [2.05, 4.69) is 37.6 Å². The van der Waals surface area contributed by atoms with Crippen molar-refractivity contribution in [1.82, 2.24) is 25.5 Å². The second-order valence-corrected chi connectivity index (χ2v) is 7.45. The van der Waals surface area contributed by atoms with Crippen LogP contribution in [0.25, 0.3) is 22.6 Å². The first-order valence-corrected chi connectivity index (χ1v) is 9.06. The van der Waals surface area contributed by atoms with Crippen molar-refractivity contribution in [3.05, 3.63) is 40.1 Å². The minimum absolute atomic E-state index is 0.0741. The standard InChI is InChI=1S/C18H20N6O2/c25-24(26)16-9-20-23-17(16)18-21-14-4-1-10(6-15(14)22-18)5-11-2-3-12-7-19-8-13(11)12/h1,4,6,9,11-13,19H,2-3,5,7-8H2,(H,20,23)(H,21,22). The first-order chi connectivity index (χ1) is 12.7. The summed E-state index contributed by atoms with van der Waals surface area (Å²) in [6.07, 6.45) is 4.93. The van der Waals surface area contributed by atoms with Crippen LogP contribution in [-0.2, 0) is 6.42 Å². The van der Waals surface area contributed by atoms with Gasteiger partial charge in [0.1, 0.15) is 6.20 Å². The van der Waals surface area contributed by atoms with Crippen LogP contribution in [-0.4, -0.2) is 38.2 Å². The van der Waals surface area contributed by atoms with E-state index < -0.39 is 4.92 Å². The highest BCUT2D eigenvalue weighted by Gasteiger charge is 2.38. The molecule has 2 aliphatic rings. The number of hydrogen-bond acceptors (Lipinski definition) is 5. The molecule has 2 aromatic heterocycles. The minimum atomic E-state index is -0.455. The molecule has 5 rings (SSSR count). The zero-order valence-electron chi connectivity index (χ0n) is 14.2. The summed E-state index contributed by atoms with van der Waals surface area (Å²) in [4.78, 5) is 18.3. The van der Waals surface area contributed by atoms with Crippen LogP contribution in [0, 0.1) is 27.9 Å². The summed E-state index contributed by atoms with van der Waals surface area (Å²) in [5.41, 5.74) is 3.24. The van der Waals surface area contributed by atoms with Crippen molar-refractivity contribution >= 4 is 16.7 Å². The van der Waals surface area contributed by atoms with E-state index in [0.29, 0.717) is 11.5 Å². The van der Waals surface area contributed by atoms with Crippen molar-refractivity contribution < 1.29 is 4.92 Å². The predicted octanol–water partition coefficient (Wildman–Crippen LogP) is 2.65. The summed E-state index contributed by atoms with van der Waals surface area (Å²) in [6, 6.07) is 6.25. The lowest BCUT2D eigenvalue weighted by Crippen LogP contribution is -2.17. The molecule has 8 nitrogen and oxygen atoms in total. The van der Waals surface area contributed by atoms with Crippen molar-refractivity contribution in [3.63, 3.8) is 0 Å². The van der Waals surface area contributed by atoms with Crippen molar-refractivity contribution in [2.75, 3.05) is 13.1 Å². The van der Waals surface area contributed by atoms with Crippen LogP contribution in [0.5, 0.6) is 0 Å². The van der Waals surface area contributed by atoms with E-state index in [1.165, 1.54) is 31.1 Å². The largest absolute Gasteiger partial charge is 0.336 e. The highest BCUT2D eigenvalue weighted by Crippen LogP contribution is 2.41. The minimum Gasteiger partial charge on any atom is -0.336 e. The Bertz CT molecular complexity index is 977. The number of fused-ring (bicyclic) bond motifs is 2. The van der Waals surface area contributed by atoms with E-state index in [4.69, 9.17) is 0 Å². The van der Waals surface area contributed by atoms with Crippen LogP contribution < -0.4 is 5.32 Å². The number of nitrogens with one attached hydrogen (secondary N) is 3. The third kappa shape index (κ3) is 2.48.